The Hall–Kier alpha value is -3.11. The molecule has 0 spiro atoms. The Bertz CT molecular complexity index is 1150. The minimum Gasteiger partial charge on any atom is -0.313 e. The lowest BCUT2D eigenvalue weighted by atomic mass is 9.83. The molecule has 1 unspecified atom stereocenters. The molecule has 1 fully saturated rings. The summed E-state index contributed by atoms with van der Waals surface area (Å²) < 4.78 is 0. The number of nitrogens with zero attached hydrogens (tertiary/aromatic N) is 2. The summed E-state index contributed by atoms with van der Waals surface area (Å²) in [7, 11) is 0. The third kappa shape index (κ3) is 3.49. The topological polar surface area (TPSA) is 40.6 Å². The van der Waals surface area contributed by atoms with Crippen LogP contribution >= 0.6 is 11.6 Å². The van der Waals surface area contributed by atoms with E-state index in [1.807, 2.05) is 76.5 Å². The van der Waals surface area contributed by atoms with Gasteiger partial charge in [-0.15, -0.1) is 0 Å². The van der Waals surface area contributed by atoms with Gasteiger partial charge in [-0.05, 0) is 47.7 Å². The van der Waals surface area contributed by atoms with E-state index in [-0.39, 0.29) is 11.8 Å². The van der Waals surface area contributed by atoms with Crippen LogP contribution in [0.1, 0.15) is 39.9 Å². The van der Waals surface area contributed by atoms with Crippen LogP contribution in [0.15, 0.2) is 78.9 Å². The van der Waals surface area contributed by atoms with Gasteiger partial charge in [0.15, 0.2) is 0 Å². The van der Waals surface area contributed by atoms with Gasteiger partial charge in [-0.1, -0.05) is 72.3 Å². The second-order valence-electron chi connectivity index (χ2n) is 8.50. The highest BCUT2D eigenvalue weighted by Crippen LogP contribution is 2.45. The fraction of sp³-hybridized carbons (Fsp3) is 0.259. The monoisotopic (exact) mass is 444 g/mol. The standard InChI is InChI=1S/C27H25ClN2O2/c28-23-15-13-22(14-16-23)27-19-21-10-4-5-11-24(21)26(32)30(27)18-17-29(27)25(31)12-6-9-20-7-2-1-3-8-20/h1-5,7-8,10-11,13-16H,6,9,12,17-19H2. The molecule has 2 amide bonds. The van der Waals surface area contributed by atoms with Gasteiger partial charge in [0, 0.05) is 36.5 Å². The highest BCUT2D eigenvalue weighted by molar-refractivity contribution is 6.30. The molecule has 5 heteroatoms. The van der Waals surface area contributed by atoms with Crippen molar-refractivity contribution in [3.63, 3.8) is 0 Å². The lowest BCUT2D eigenvalue weighted by Gasteiger charge is -2.47. The van der Waals surface area contributed by atoms with Gasteiger partial charge in [0.25, 0.3) is 5.91 Å². The van der Waals surface area contributed by atoms with E-state index in [1.165, 1.54) is 5.56 Å². The predicted octanol–water partition coefficient (Wildman–Crippen LogP) is 5.06. The smallest absolute Gasteiger partial charge is 0.256 e. The number of fused-ring (bicyclic) bond motifs is 2. The third-order valence-electron chi connectivity index (χ3n) is 6.68. The second-order valence-corrected chi connectivity index (χ2v) is 8.94. The first-order valence-electron chi connectivity index (χ1n) is 11.1. The summed E-state index contributed by atoms with van der Waals surface area (Å²) in [4.78, 5) is 30.8. The molecule has 2 aliphatic heterocycles. The number of halogens is 1. The highest BCUT2D eigenvalue weighted by Gasteiger charge is 2.55. The molecule has 1 saturated heterocycles. The average Bonchev–Trinajstić information content (AvgIpc) is 3.21. The van der Waals surface area contributed by atoms with Gasteiger partial charge in [-0.3, -0.25) is 9.59 Å². The molecule has 0 aromatic heterocycles. The van der Waals surface area contributed by atoms with E-state index < -0.39 is 5.66 Å². The molecule has 0 saturated carbocycles. The number of benzene rings is 3. The van der Waals surface area contributed by atoms with Crippen molar-refractivity contribution in [2.75, 3.05) is 13.1 Å². The van der Waals surface area contributed by atoms with E-state index in [0.717, 1.165) is 29.5 Å². The average molecular weight is 445 g/mol. The summed E-state index contributed by atoms with van der Waals surface area (Å²) in [5.41, 5.74) is 3.07. The van der Waals surface area contributed by atoms with Crippen molar-refractivity contribution < 1.29 is 9.59 Å². The molecule has 162 valence electrons. The number of amides is 2. The van der Waals surface area contributed by atoms with Gasteiger partial charge in [0.2, 0.25) is 5.91 Å². The number of carbonyl (C=O) groups excluding carboxylic acids is 2. The summed E-state index contributed by atoms with van der Waals surface area (Å²) >= 11 is 6.17. The Kier molecular flexibility index (Phi) is 5.48. The molecule has 0 aliphatic carbocycles. The van der Waals surface area contributed by atoms with Crippen molar-refractivity contribution in [2.24, 2.45) is 0 Å². The lowest BCUT2D eigenvalue weighted by Crippen LogP contribution is -2.58. The van der Waals surface area contributed by atoms with Crippen molar-refractivity contribution in [3.8, 4) is 0 Å². The first-order chi connectivity index (χ1) is 15.6. The summed E-state index contributed by atoms with van der Waals surface area (Å²) in [6, 6.07) is 25.5. The fourth-order valence-electron chi connectivity index (χ4n) is 5.16. The van der Waals surface area contributed by atoms with E-state index in [1.54, 1.807) is 0 Å². The van der Waals surface area contributed by atoms with E-state index in [4.69, 9.17) is 11.6 Å². The number of aryl methyl sites for hydroxylation is 1. The first kappa shape index (κ1) is 20.8. The first-order valence-corrected chi connectivity index (χ1v) is 11.5. The third-order valence-corrected chi connectivity index (χ3v) is 6.93. The molecule has 4 nitrogen and oxygen atoms in total. The normalized spacial score (nSPS) is 19.6. The van der Waals surface area contributed by atoms with E-state index in [2.05, 4.69) is 12.1 Å². The maximum absolute atomic E-state index is 13.5. The Morgan fingerprint density at radius 1 is 0.906 bits per heavy atom. The van der Waals surface area contributed by atoms with Gasteiger partial charge in [0.1, 0.15) is 5.66 Å². The van der Waals surface area contributed by atoms with Crippen LogP contribution in [0, 0.1) is 0 Å². The van der Waals surface area contributed by atoms with Crippen molar-refractivity contribution in [3.05, 3.63) is 106 Å². The van der Waals surface area contributed by atoms with Crippen LogP contribution in [0.5, 0.6) is 0 Å². The highest BCUT2D eigenvalue weighted by atomic mass is 35.5. The second kappa shape index (κ2) is 8.44. The zero-order valence-corrected chi connectivity index (χ0v) is 18.6. The number of carbonyl (C=O) groups is 2. The van der Waals surface area contributed by atoms with Crippen LogP contribution in [0.3, 0.4) is 0 Å². The zero-order chi connectivity index (χ0) is 22.1. The number of hydrogen-bond donors (Lipinski definition) is 0. The van der Waals surface area contributed by atoms with Crippen molar-refractivity contribution in [1.29, 1.82) is 0 Å². The lowest BCUT2D eigenvalue weighted by molar-refractivity contribution is -0.139. The Labute approximate surface area is 193 Å². The molecular formula is C27H25ClN2O2. The fourth-order valence-corrected chi connectivity index (χ4v) is 5.28. The molecule has 5 rings (SSSR count). The van der Waals surface area contributed by atoms with Gasteiger partial charge >= 0.3 is 0 Å². The van der Waals surface area contributed by atoms with E-state index >= 15 is 0 Å². The molecular weight excluding hydrogens is 420 g/mol. The minimum absolute atomic E-state index is 0.0126. The van der Waals surface area contributed by atoms with Gasteiger partial charge < -0.3 is 9.80 Å². The minimum atomic E-state index is -0.806. The molecule has 0 bridgehead atoms. The molecule has 0 radical (unpaired) electrons. The predicted molar refractivity (Wildman–Crippen MR) is 125 cm³/mol. The van der Waals surface area contributed by atoms with Gasteiger partial charge in [0.05, 0.1) is 0 Å². The Morgan fingerprint density at radius 2 is 1.62 bits per heavy atom. The molecule has 2 aliphatic rings. The molecule has 1 atom stereocenters. The summed E-state index contributed by atoms with van der Waals surface area (Å²) in [6.45, 7) is 1.06. The van der Waals surface area contributed by atoms with E-state index in [0.29, 0.717) is 31.0 Å². The summed E-state index contributed by atoms with van der Waals surface area (Å²) in [6.07, 6.45) is 2.68. The van der Waals surface area contributed by atoms with Crippen molar-refractivity contribution in [2.45, 2.75) is 31.3 Å². The van der Waals surface area contributed by atoms with Crippen LogP contribution in [-0.2, 0) is 23.3 Å². The van der Waals surface area contributed by atoms with Crippen LogP contribution in [0.25, 0.3) is 0 Å². The molecule has 3 aromatic rings. The zero-order valence-electron chi connectivity index (χ0n) is 17.8. The van der Waals surface area contributed by atoms with Gasteiger partial charge in [-0.25, -0.2) is 0 Å². The number of hydrogen-bond acceptors (Lipinski definition) is 2. The van der Waals surface area contributed by atoms with E-state index in [9.17, 15) is 9.59 Å². The van der Waals surface area contributed by atoms with Crippen LogP contribution in [0.4, 0.5) is 0 Å². The number of rotatable bonds is 5. The van der Waals surface area contributed by atoms with Gasteiger partial charge in [-0.2, -0.15) is 0 Å². The molecule has 32 heavy (non-hydrogen) atoms. The maximum Gasteiger partial charge on any atom is 0.256 e. The molecule has 3 aromatic carbocycles. The Morgan fingerprint density at radius 3 is 2.41 bits per heavy atom. The quantitative estimate of drug-likeness (QED) is 0.552. The van der Waals surface area contributed by atoms with Crippen LogP contribution in [-0.4, -0.2) is 34.7 Å². The van der Waals surface area contributed by atoms with Crippen molar-refractivity contribution in [1.82, 2.24) is 9.80 Å². The molecule has 2 heterocycles. The van der Waals surface area contributed by atoms with Crippen LogP contribution in [0.2, 0.25) is 5.02 Å². The summed E-state index contributed by atoms with van der Waals surface area (Å²) in [5.74, 6) is 0.0759. The van der Waals surface area contributed by atoms with Crippen LogP contribution < -0.4 is 0 Å². The Balaban J connectivity index is 1.48. The SMILES string of the molecule is O=C(CCCc1ccccc1)N1CCN2C(=O)c3ccccc3CC12c1ccc(Cl)cc1. The maximum atomic E-state index is 13.5. The summed E-state index contributed by atoms with van der Waals surface area (Å²) in [5, 5.41) is 0.637. The molecule has 0 N–H and O–H groups in total. The van der Waals surface area contributed by atoms with Crippen molar-refractivity contribution >= 4 is 23.4 Å². The largest absolute Gasteiger partial charge is 0.313 e.